The second-order valence-corrected chi connectivity index (χ2v) is 10.9. The van der Waals surface area contributed by atoms with Gasteiger partial charge in [0.05, 0.1) is 23.6 Å². The van der Waals surface area contributed by atoms with Crippen LogP contribution in [0.4, 0.5) is 5.69 Å². The van der Waals surface area contributed by atoms with Gasteiger partial charge >= 0.3 is 5.97 Å². The lowest BCUT2D eigenvalue weighted by molar-refractivity contribution is -0.167. The SMILES string of the molecule is C[C@]1(CCCCC(=O)c2ccc(CC(=N)N)cc2)C(=O)N(CC(=O)O)CCN1C(O)CNC(=O)c1ccc(N=C(N)N)cc1. The van der Waals surface area contributed by atoms with Crippen LogP contribution in [-0.2, 0) is 16.0 Å². The normalized spacial score (nSPS) is 17.5. The van der Waals surface area contributed by atoms with Crippen molar-refractivity contribution in [2.75, 3.05) is 26.2 Å². The minimum absolute atomic E-state index is 0.0357. The lowest BCUT2D eigenvalue weighted by atomic mass is 9.87. The van der Waals surface area contributed by atoms with Crippen LogP contribution in [0.3, 0.4) is 0 Å². The summed E-state index contributed by atoms with van der Waals surface area (Å²) < 4.78 is 0. The Kier molecular flexibility index (Phi) is 11.5. The molecule has 1 aliphatic rings. The number of piperazine rings is 1. The van der Waals surface area contributed by atoms with Crippen LogP contribution in [0.25, 0.3) is 0 Å². The molecule has 236 valence electrons. The van der Waals surface area contributed by atoms with Crippen molar-refractivity contribution >= 4 is 41.0 Å². The third kappa shape index (κ3) is 9.09. The zero-order valence-corrected chi connectivity index (χ0v) is 24.7. The fourth-order valence-corrected chi connectivity index (χ4v) is 5.24. The monoisotopic (exact) mass is 608 g/mol. The number of amides is 2. The Balaban J connectivity index is 1.63. The molecule has 2 aromatic carbocycles. The number of benzene rings is 2. The van der Waals surface area contributed by atoms with Crippen molar-refractivity contribution in [1.29, 1.82) is 5.41 Å². The molecule has 0 spiro atoms. The number of aliphatic hydroxyl groups excluding tert-OH is 1. The second-order valence-electron chi connectivity index (χ2n) is 10.9. The molecule has 1 fully saturated rings. The molecule has 0 saturated carbocycles. The van der Waals surface area contributed by atoms with E-state index >= 15 is 0 Å². The highest BCUT2D eigenvalue weighted by Crippen LogP contribution is 2.30. The summed E-state index contributed by atoms with van der Waals surface area (Å²) in [4.78, 5) is 57.1. The van der Waals surface area contributed by atoms with Gasteiger partial charge in [-0.05, 0) is 49.6 Å². The van der Waals surface area contributed by atoms with Gasteiger partial charge in [-0.25, -0.2) is 4.99 Å². The van der Waals surface area contributed by atoms with E-state index in [0.717, 1.165) is 5.56 Å². The molecular weight excluding hydrogens is 568 g/mol. The summed E-state index contributed by atoms with van der Waals surface area (Å²) in [5.74, 6) is -2.20. The Morgan fingerprint density at radius 3 is 2.25 bits per heavy atom. The van der Waals surface area contributed by atoms with E-state index in [2.05, 4.69) is 10.3 Å². The van der Waals surface area contributed by atoms with Crippen molar-refractivity contribution < 1.29 is 29.4 Å². The summed E-state index contributed by atoms with van der Waals surface area (Å²) in [6, 6.07) is 13.1. The molecule has 10 N–H and O–H groups in total. The number of aliphatic carboxylic acids is 1. The number of carboxylic acid groups (broad SMARTS) is 1. The molecule has 2 atom stereocenters. The van der Waals surface area contributed by atoms with Gasteiger partial charge in [-0.3, -0.25) is 29.5 Å². The predicted octanol–water partition coefficient (Wildman–Crippen LogP) is 0.549. The Hall–Kier alpha value is -4.82. The van der Waals surface area contributed by atoms with Crippen molar-refractivity contribution in [2.24, 2.45) is 22.2 Å². The van der Waals surface area contributed by atoms with E-state index in [-0.39, 0.29) is 50.1 Å². The summed E-state index contributed by atoms with van der Waals surface area (Å²) >= 11 is 0. The number of amidine groups is 1. The number of aliphatic imine (C=N–C) groups is 1. The zero-order chi connectivity index (χ0) is 32.4. The van der Waals surface area contributed by atoms with Crippen LogP contribution < -0.4 is 22.5 Å². The average Bonchev–Trinajstić information content (AvgIpc) is 2.96. The maximum Gasteiger partial charge on any atom is 0.323 e. The number of carboxylic acids is 1. The number of hydrogen-bond donors (Lipinski definition) is 7. The van der Waals surface area contributed by atoms with Crippen molar-refractivity contribution in [2.45, 2.75) is 50.8 Å². The van der Waals surface area contributed by atoms with E-state index in [4.69, 9.17) is 22.6 Å². The highest BCUT2D eigenvalue weighted by atomic mass is 16.4. The van der Waals surface area contributed by atoms with Crippen LogP contribution in [0.2, 0.25) is 0 Å². The van der Waals surface area contributed by atoms with Crippen LogP contribution in [-0.4, -0.2) is 93.3 Å². The highest BCUT2D eigenvalue weighted by molar-refractivity contribution is 5.96. The summed E-state index contributed by atoms with van der Waals surface area (Å²) in [6.45, 7) is 1.27. The minimum Gasteiger partial charge on any atom is -0.480 e. The summed E-state index contributed by atoms with van der Waals surface area (Å²) in [6.07, 6.45) is 0.469. The van der Waals surface area contributed by atoms with Gasteiger partial charge in [0, 0.05) is 37.1 Å². The molecule has 44 heavy (non-hydrogen) atoms. The van der Waals surface area contributed by atoms with Crippen molar-refractivity contribution in [3.63, 3.8) is 0 Å². The molecule has 0 aromatic heterocycles. The van der Waals surface area contributed by atoms with E-state index in [1.165, 1.54) is 17.0 Å². The fraction of sp³-hybridized carbons (Fsp3) is 0.400. The number of nitrogens with one attached hydrogen (secondary N) is 2. The third-order valence-electron chi connectivity index (χ3n) is 7.50. The van der Waals surface area contributed by atoms with Crippen molar-refractivity contribution in [3.8, 4) is 0 Å². The molecule has 14 nitrogen and oxygen atoms in total. The van der Waals surface area contributed by atoms with Gasteiger partial charge < -0.3 is 37.6 Å². The maximum atomic E-state index is 13.5. The second kappa shape index (κ2) is 15.1. The molecule has 1 heterocycles. The van der Waals surface area contributed by atoms with Crippen LogP contribution in [0.1, 0.15) is 58.9 Å². The first kappa shape index (κ1) is 33.7. The number of carbonyl (C=O) groups excluding carboxylic acids is 3. The molecule has 14 heteroatoms. The number of carbonyl (C=O) groups is 4. The summed E-state index contributed by atoms with van der Waals surface area (Å²) in [5, 5.41) is 30.5. The van der Waals surface area contributed by atoms with Crippen molar-refractivity contribution in [1.82, 2.24) is 15.1 Å². The number of Topliss-reactive ketones (excluding diaryl/α,β-unsaturated/α-hetero) is 1. The van der Waals surface area contributed by atoms with Gasteiger partial charge in [0.25, 0.3) is 5.91 Å². The van der Waals surface area contributed by atoms with Crippen LogP contribution in [0, 0.1) is 5.41 Å². The van der Waals surface area contributed by atoms with Crippen molar-refractivity contribution in [3.05, 3.63) is 65.2 Å². The van der Waals surface area contributed by atoms with Gasteiger partial charge in [-0.15, -0.1) is 0 Å². The van der Waals surface area contributed by atoms with Crippen LogP contribution in [0.5, 0.6) is 0 Å². The Morgan fingerprint density at radius 2 is 1.66 bits per heavy atom. The number of aliphatic hydroxyl groups is 1. The Bertz CT molecular complexity index is 1390. The largest absolute Gasteiger partial charge is 0.480 e. The molecule has 0 bridgehead atoms. The molecule has 1 saturated heterocycles. The minimum atomic E-state index is -1.27. The molecule has 0 radical (unpaired) electrons. The number of rotatable bonds is 15. The number of ketones is 1. The first-order chi connectivity index (χ1) is 20.8. The number of nitrogens with zero attached hydrogens (tertiary/aromatic N) is 3. The number of nitrogens with two attached hydrogens (primary N) is 3. The zero-order valence-electron chi connectivity index (χ0n) is 24.7. The number of unbranched alkanes of at least 4 members (excludes halogenated alkanes) is 1. The van der Waals surface area contributed by atoms with Gasteiger partial charge in [-0.2, -0.15) is 0 Å². The average molecular weight is 609 g/mol. The smallest absolute Gasteiger partial charge is 0.323 e. The summed E-state index contributed by atoms with van der Waals surface area (Å²) in [7, 11) is 0. The quantitative estimate of drug-likeness (QED) is 0.0641. The Labute approximate surface area is 255 Å². The molecule has 2 amide bonds. The molecule has 2 aromatic rings. The maximum absolute atomic E-state index is 13.5. The van der Waals surface area contributed by atoms with E-state index in [1.54, 1.807) is 48.2 Å². The summed E-state index contributed by atoms with van der Waals surface area (Å²) in [5.41, 5.74) is 17.0. The van der Waals surface area contributed by atoms with Crippen LogP contribution >= 0.6 is 0 Å². The van der Waals surface area contributed by atoms with Gasteiger partial charge in [0.2, 0.25) is 5.91 Å². The van der Waals surface area contributed by atoms with Gasteiger partial charge in [-0.1, -0.05) is 30.7 Å². The number of guanidine groups is 1. The standard InChI is InChI=1S/C30H40N8O6/c1-30(13-3-2-4-23(39)20-7-5-19(6-8-20)16-24(31)32)28(44)37(18-26(41)42)14-15-38(30)25(40)17-35-27(43)21-9-11-22(12-10-21)36-29(33)34/h5-12,25,40H,2-4,13-18H2,1H3,(H3,31,32)(H,35,43)(H,41,42)(H4,33,34,36)/t25?,30-/m0/s1. The molecular formula is C30H40N8O6. The lowest BCUT2D eigenvalue weighted by Gasteiger charge is -2.49. The molecule has 3 rings (SSSR count). The van der Waals surface area contributed by atoms with E-state index in [9.17, 15) is 29.4 Å². The first-order valence-electron chi connectivity index (χ1n) is 14.2. The molecule has 1 aliphatic heterocycles. The number of hydrogen-bond acceptors (Lipinski definition) is 8. The third-order valence-corrected chi connectivity index (χ3v) is 7.50. The lowest BCUT2D eigenvalue weighted by Crippen LogP contribution is -2.68. The van der Waals surface area contributed by atoms with Gasteiger partial charge in [0.15, 0.2) is 11.7 Å². The van der Waals surface area contributed by atoms with Crippen LogP contribution in [0.15, 0.2) is 53.5 Å². The highest BCUT2D eigenvalue weighted by Gasteiger charge is 2.47. The Morgan fingerprint density at radius 1 is 1.02 bits per heavy atom. The predicted molar refractivity (Wildman–Crippen MR) is 164 cm³/mol. The topological polar surface area (TPSA) is 242 Å². The van der Waals surface area contributed by atoms with E-state index in [0.29, 0.717) is 36.1 Å². The molecule has 0 aliphatic carbocycles. The van der Waals surface area contributed by atoms with Gasteiger partial charge in [0.1, 0.15) is 12.8 Å². The molecule has 1 unspecified atom stereocenters. The van der Waals surface area contributed by atoms with E-state index < -0.39 is 36.1 Å². The fourth-order valence-electron chi connectivity index (χ4n) is 5.24. The van der Waals surface area contributed by atoms with E-state index in [1.807, 2.05) is 0 Å². The first-order valence-corrected chi connectivity index (χ1v) is 14.2.